The summed E-state index contributed by atoms with van der Waals surface area (Å²) in [5.74, 6) is -0.242. The second-order valence-corrected chi connectivity index (χ2v) is 16.8. The summed E-state index contributed by atoms with van der Waals surface area (Å²) in [6, 6.07) is -0.884. The smallest absolute Gasteiger partial charge is 0.387 e. The first kappa shape index (κ1) is 49.2. The molecule has 10 heteroatoms. The number of epoxide rings is 1. The topological polar surface area (TPSA) is 118 Å². The number of nitrogens with zero attached hydrogens (tertiary/aromatic N) is 1. The van der Waals surface area contributed by atoms with Gasteiger partial charge in [0.25, 0.3) is 0 Å². The Bertz CT molecular complexity index is 1110. The summed E-state index contributed by atoms with van der Waals surface area (Å²) >= 11 is 0. The Kier molecular flexibility index (Phi) is 29.1. The molecular weight excluding hydrogens is 687 g/mol. The van der Waals surface area contributed by atoms with E-state index >= 15 is 0 Å². The Labute approximate surface area is 324 Å². The minimum atomic E-state index is -4.36. The van der Waals surface area contributed by atoms with E-state index in [1.807, 2.05) is 27.2 Å². The van der Waals surface area contributed by atoms with Gasteiger partial charge in [-0.3, -0.25) is 13.8 Å². The van der Waals surface area contributed by atoms with Crippen LogP contribution in [0.1, 0.15) is 142 Å². The van der Waals surface area contributed by atoms with Gasteiger partial charge in [-0.1, -0.05) is 120 Å². The molecule has 1 saturated heterocycles. The highest BCUT2D eigenvalue weighted by Gasteiger charge is 2.36. The predicted octanol–water partition coefficient (Wildman–Crippen LogP) is 10.1. The number of aliphatic hydroxyl groups is 1. The number of phosphoric ester groups is 1. The standard InChI is InChI=1S/C43H77N2O7P/c1-6-8-10-12-14-15-16-17-18-19-21-24-28-32-40(46)39(38-51-53(48,49)50-37-36-45(3,4)5)44-43(47)35-31-27-23-20-22-26-30-34-42-41(52-42)33-29-25-13-11-9-7-2/h10,12,20,23,25-26,28-30,32,39-42,46H,6-9,11,13-19,21-22,24,27,31,33-38H2,1-5H3,(H-,44,47,48,49)/p+1/b12-10-,23-20-,29-25-,30-26-,32-28+/t39-,40+,41?,42?/m0/s1. The molecule has 0 aromatic heterocycles. The van der Waals surface area contributed by atoms with Gasteiger partial charge in [0.05, 0.1) is 52.1 Å². The van der Waals surface area contributed by atoms with Gasteiger partial charge in [-0.25, -0.2) is 4.57 Å². The fourth-order valence-corrected chi connectivity index (χ4v) is 6.34. The fraction of sp³-hybridized carbons (Fsp3) is 0.744. The maximum absolute atomic E-state index is 12.8. The minimum absolute atomic E-state index is 0.0442. The van der Waals surface area contributed by atoms with E-state index in [4.69, 9.17) is 13.8 Å². The van der Waals surface area contributed by atoms with Crippen LogP contribution in [-0.2, 0) is 23.1 Å². The van der Waals surface area contributed by atoms with E-state index in [-0.39, 0.29) is 25.5 Å². The molecule has 306 valence electrons. The predicted molar refractivity (Wildman–Crippen MR) is 221 cm³/mol. The van der Waals surface area contributed by atoms with Gasteiger partial charge in [-0.05, 0) is 77.0 Å². The summed E-state index contributed by atoms with van der Waals surface area (Å²) in [4.78, 5) is 23.1. The molecule has 0 aliphatic carbocycles. The van der Waals surface area contributed by atoms with E-state index in [9.17, 15) is 19.4 Å². The first-order valence-corrected chi connectivity index (χ1v) is 22.3. The number of phosphoric acid groups is 1. The van der Waals surface area contributed by atoms with Gasteiger partial charge < -0.3 is 24.5 Å². The molecule has 1 aliphatic rings. The number of unbranched alkanes of at least 4 members (excludes halogenated alkanes) is 12. The summed E-state index contributed by atoms with van der Waals surface area (Å²) in [5, 5.41) is 13.7. The van der Waals surface area contributed by atoms with E-state index in [2.05, 4.69) is 67.8 Å². The molecule has 0 aromatic carbocycles. The van der Waals surface area contributed by atoms with Gasteiger partial charge in [-0.15, -0.1) is 0 Å². The van der Waals surface area contributed by atoms with Gasteiger partial charge in [0.1, 0.15) is 13.2 Å². The van der Waals surface area contributed by atoms with Gasteiger partial charge in [0, 0.05) is 6.42 Å². The van der Waals surface area contributed by atoms with Crippen molar-refractivity contribution in [2.45, 2.75) is 167 Å². The van der Waals surface area contributed by atoms with Gasteiger partial charge >= 0.3 is 7.82 Å². The molecule has 3 N–H and O–H groups in total. The number of ether oxygens (including phenoxy) is 1. The Morgan fingerprint density at radius 2 is 1.28 bits per heavy atom. The van der Waals surface area contributed by atoms with Gasteiger partial charge in [0.2, 0.25) is 5.91 Å². The van der Waals surface area contributed by atoms with Crippen molar-refractivity contribution in [3.05, 3.63) is 60.8 Å². The first-order valence-electron chi connectivity index (χ1n) is 20.8. The number of hydrogen-bond acceptors (Lipinski definition) is 6. The zero-order chi connectivity index (χ0) is 39.0. The normalized spacial score (nSPS) is 18.9. The highest BCUT2D eigenvalue weighted by atomic mass is 31.2. The number of rotatable bonds is 35. The average Bonchev–Trinajstić information content (AvgIpc) is 3.86. The summed E-state index contributed by atoms with van der Waals surface area (Å²) in [7, 11) is 1.51. The second-order valence-electron chi connectivity index (χ2n) is 15.4. The molecular formula is C43H78N2O7P+. The molecule has 0 aromatic rings. The van der Waals surface area contributed by atoms with E-state index in [0.717, 1.165) is 44.9 Å². The molecule has 1 heterocycles. The van der Waals surface area contributed by atoms with Crippen LogP contribution in [0, 0.1) is 0 Å². The molecule has 0 bridgehead atoms. The fourth-order valence-electron chi connectivity index (χ4n) is 5.60. The molecule has 5 atom stereocenters. The van der Waals surface area contributed by atoms with E-state index < -0.39 is 20.0 Å². The van der Waals surface area contributed by atoms with Crippen molar-refractivity contribution < 1.29 is 37.6 Å². The molecule has 3 unspecified atom stereocenters. The third-order valence-electron chi connectivity index (χ3n) is 9.08. The number of likely N-dealkylation sites (N-methyl/N-ethyl adjacent to an activating group) is 1. The highest BCUT2D eigenvalue weighted by molar-refractivity contribution is 7.47. The van der Waals surface area contributed by atoms with Gasteiger partial charge in [0.15, 0.2) is 0 Å². The third-order valence-corrected chi connectivity index (χ3v) is 10.1. The number of aliphatic hydroxyl groups excluding tert-OH is 1. The van der Waals surface area contributed by atoms with Crippen LogP contribution in [0.15, 0.2) is 60.8 Å². The minimum Gasteiger partial charge on any atom is -0.387 e. The zero-order valence-corrected chi connectivity index (χ0v) is 35.1. The molecule has 0 spiro atoms. The summed E-state index contributed by atoms with van der Waals surface area (Å²) < 4.78 is 29.2. The Morgan fingerprint density at radius 3 is 1.94 bits per heavy atom. The van der Waals surface area contributed by atoms with E-state index in [1.54, 1.807) is 6.08 Å². The maximum atomic E-state index is 12.8. The molecule has 9 nitrogen and oxygen atoms in total. The van der Waals surface area contributed by atoms with Crippen molar-refractivity contribution in [1.82, 2.24) is 5.32 Å². The average molecular weight is 766 g/mol. The van der Waals surface area contributed by atoms with Crippen LogP contribution in [0.4, 0.5) is 0 Å². The number of quaternary nitrogens is 1. The maximum Gasteiger partial charge on any atom is 0.472 e. The molecule has 0 saturated carbocycles. The first-order chi connectivity index (χ1) is 25.5. The monoisotopic (exact) mass is 766 g/mol. The number of nitrogens with one attached hydrogen (secondary N) is 1. The number of carbonyl (C=O) groups excluding carboxylic acids is 1. The van der Waals surface area contributed by atoms with Crippen LogP contribution in [0.5, 0.6) is 0 Å². The summed E-state index contributed by atoms with van der Waals surface area (Å²) in [6.45, 7) is 4.64. The van der Waals surface area contributed by atoms with Crippen LogP contribution in [0.25, 0.3) is 0 Å². The number of hydrogen-bond donors (Lipinski definition) is 3. The highest BCUT2D eigenvalue weighted by Crippen LogP contribution is 2.43. The van der Waals surface area contributed by atoms with Crippen LogP contribution in [-0.4, -0.2) is 85.6 Å². The molecule has 1 aliphatic heterocycles. The Balaban J connectivity index is 2.41. The van der Waals surface area contributed by atoms with E-state index in [0.29, 0.717) is 29.7 Å². The lowest BCUT2D eigenvalue weighted by molar-refractivity contribution is -0.870. The second kappa shape index (κ2) is 31.4. The van der Waals surface area contributed by atoms with Crippen molar-refractivity contribution >= 4 is 13.7 Å². The van der Waals surface area contributed by atoms with Crippen LogP contribution >= 0.6 is 7.82 Å². The zero-order valence-electron chi connectivity index (χ0n) is 34.2. The van der Waals surface area contributed by atoms with Crippen LogP contribution < -0.4 is 5.32 Å². The largest absolute Gasteiger partial charge is 0.472 e. The van der Waals surface area contributed by atoms with Crippen molar-refractivity contribution in [1.29, 1.82) is 0 Å². The number of allylic oxidation sites excluding steroid dienone is 7. The quantitative estimate of drug-likeness (QED) is 0.0193. The lowest BCUT2D eigenvalue weighted by Gasteiger charge is -2.25. The summed E-state index contributed by atoms with van der Waals surface area (Å²) in [5.41, 5.74) is 0. The van der Waals surface area contributed by atoms with Crippen molar-refractivity contribution in [3.8, 4) is 0 Å². The van der Waals surface area contributed by atoms with Crippen LogP contribution in [0.3, 0.4) is 0 Å². The Hall–Kier alpha value is -1.84. The summed E-state index contributed by atoms with van der Waals surface area (Å²) in [6.07, 6.45) is 41.8. The van der Waals surface area contributed by atoms with Crippen molar-refractivity contribution in [2.75, 3.05) is 40.9 Å². The molecule has 1 fully saturated rings. The van der Waals surface area contributed by atoms with Crippen LogP contribution in [0.2, 0.25) is 0 Å². The van der Waals surface area contributed by atoms with Crippen molar-refractivity contribution in [2.24, 2.45) is 0 Å². The van der Waals surface area contributed by atoms with Gasteiger partial charge in [-0.2, -0.15) is 0 Å². The molecule has 53 heavy (non-hydrogen) atoms. The third kappa shape index (κ3) is 31.1. The lowest BCUT2D eigenvalue weighted by Crippen LogP contribution is -2.45. The van der Waals surface area contributed by atoms with Crippen molar-refractivity contribution in [3.63, 3.8) is 0 Å². The Morgan fingerprint density at radius 1 is 0.736 bits per heavy atom. The number of carbonyl (C=O) groups is 1. The molecule has 1 amide bonds. The van der Waals surface area contributed by atoms with E-state index in [1.165, 1.54) is 70.6 Å². The molecule has 1 rings (SSSR count). The number of amides is 1. The lowest BCUT2D eigenvalue weighted by atomic mass is 10.1. The SMILES string of the molecule is CCC/C=C\CCCCCCCC/C=C/[C@@H](O)[C@H](COP(=O)(O)OCC[N+](C)(C)C)NC(=O)CCC/C=C\C/C=C\CC1OC1C/C=C\CCCCC. The molecule has 0 radical (unpaired) electrons.